The molecule has 0 unspecified atom stereocenters. The molecular weight excluding hydrogens is 256 g/mol. The first-order chi connectivity index (χ1) is 9.31. The molecular formula is C15H22N2O3. The van der Waals surface area contributed by atoms with E-state index in [1.54, 1.807) is 19.2 Å². The van der Waals surface area contributed by atoms with E-state index in [9.17, 15) is 9.59 Å². The first-order valence-corrected chi connectivity index (χ1v) is 6.55. The summed E-state index contributed by atoms with van der Waals surface area (Å²) in [5, 5.41) is 5.58. The molecule has 2 N–H and O–H groups in total. The molecule has 1 amide bonds. The van der Waals surface area contributed by atoms with E-state index < -0.39 is 5.60 Å². The van der Waals surface area contributed by atoms with Crippen molar-refractivity contribution < 1.29 is 14.3 Å². The summed E-state index contributed by atoms with van der Waals surface area (Å²) in [5.41, 5.74) is 1.15. The van der Waals surface area contributed by atoms with Gasteiger partial charge in [-0.05, 0) is 38.5 Å². The van der Waals surface area contributed by atoms with E-state index in [1.807, 2.05) is 32.9 Å². The molecule has 0 fully saturated rings. The van der Waals surface area contributed by atoms with Gasteiger partial charge < -0.3 is 15.4 Å². The molecule has 1 aromatic rings. The van der Waals surface area contributed by atoms with Gasteiger partial charge in [-0.2, -0.15) is 0 Å². The summed E-state index contributed by atoms with van der Waals surface area (Å²) in [6.45, 7) is 6.22. The third-order valence-corrected chi connectivity index (χ3v) is 2.46. The van der Waals surface area contributed by atoms with Gasteiger partial charge in [-0.1, -0.05) is 12.1 Å². The zero-order chi connectivity index (χ0) is 15.2. The molecule has 0 aliphatic heterocycles. The lowest BCUT2D eigenvalue weighted by atomic mass is 10.1. The van der Waals surface area contributed by atoms with Crippen molar-refractivity contribution in [3.05, 3.63) is 35.4 Å². The molecule has 0 bridgehead atoms. The van der Waals surface area contributed by atoms with Crippen LogP contribution in [0.3, 0.4) is 0 Å². The number of rotatable bonds is 5. The van der Waals surface area contributed by atoms with Crippen LogP contribution in [0.15, 0.2) is 24.3 Å². The molecule has 0 saturated carbocycles. The van der Waals surface area contributed by atoms with E-state index in [1.165, 1.54) is 0 Å². The Hall–Kier alpha value is -1.88. The Morgan fingerprint density at radius 3 is 2.25 bits per heavy atom. The lowest BCUT2D eigenvalue weighted by molar-refractivity contribution is -0.153. The van der Waals surface area contributed by atoms with Gasteiger partial charge >= 0.3 is 5.97 Å². The van der Waals surface area contributed by atoms with Crippen molar-refractivity contribution in [2.45, 2.75) is 32.9 Å². The number of esters is 1. The number of hydrogen-bond acceptors (Lipinski definition) is 4. The number of hydrogen-bond donors (Lipinski definition) is 2. The summed E-state index contributed by atoms with van der Waals surface area (Å²) in [7, 11) is 1.60. The van der Waals surface area contributed by atoms with Crippen LogP contribution >= 0.6 is 0 Å². The molecule has 1 rings (SSSR count). The highest BCUT2D eigenvalue weighted by molar-refractivity contribution is 5.93. The predicted molar refractivity (Wildman–Crippen MR) is 77.4 cm³/mol. The molecule has 110 valence electrons. The summed E-state index contributed by atoms with van der Waals surface area (Å²) < 4.78 is 5.19. The van der Waals surface area contributed by atoms with Crippen LogP contribution in [0.5, 0.6) is 0 Å². The molecule has 5 nitrogen and oxygen atoms in total. The first kappa shape index (κ1) is 16.2. The quantitative estimate of drug-likeness (QED) is 0.801. The highest BCUT2D eigenvalue weighted by atomic mass is 16.6. The Balaban J connectivity index is 2.39. The Morgan fingerprint density at radius 2 is 1.75 bits per heavy atom. The van der Waals surface area contributed by atoms with Crippen molar-refractivity contribution in [2.75, 3.05) is 13.6 Å². The molecule has 1 aromatic carbocycles. The van der Waals surface area contributed by atoms with Crippen LogP contribution in [0.1, 0.15) is 36.7 Å². The molecule has 0 radical (unpaired) electrons. The van der Waals surface area contributed by atoms with Crippen LogP contribution in [-0.2, 0) is 16.1 Å². The van der Waals surface area contributed by atoms with Crippen LogP contribution in [0.25, 0.3) is 0 Å². The molecule has 0 atom stereocenters. The fraction of sp³-hybridized carbons (Fsp3) is 0.467. The largest absolute Gasteiger partial charge is 0.459 e. The molecule has 0 aliphatic rings. The number of nitrogens with one attached hydrogen (secondary N) is 2. The van der Waals surface area contributed by atoms with Crippen LogP contribution < -0.4 is 10.6 Å². The molecule has 0 saturated heterocycles. The minimum atomic E-state index is -0.464. The van der Waals surface area contributed by atoms with E-state index in [0.29, 0.717) is 12.1 Å². The van der Waals surface area contributed by atoms with Gasteiger partial charge in [-0.25, -0.2) is 0 Å². The van der Waals surface area contributed by atoms with Gasteiger partial charge in [0, 0.05) is 19.2 Å². The summed E-state index contributed by atoms with van der Waals surface area (Å²) in [5.74, 6) is -0.391. The van der Waals surface area contributed by atoms with Crippen molar-refractivity contribution in [1.82, 2.24) is 10.6 Å². The maximum atomic E-state index is 11.5. The number of carbonyl (C=O) groups is 2. The Kier molecular flexibility index (Phi) is 5.70. The predicted octanol–water partition coefficient (Wildman–Crippen LogP) is 1.48. The van der Waals surface area contributed by atoms with E-state index in [-0.39, 0.29) is 18.4 Å². The zero-order valence-electron chi connectivity index (χ0n) is 12.4. The average molecular weight is 278 g/mol. The molecule has 0 aliphatic carbocycles. The summed E-state index contributed by atoms with van der Waals surface area (Å²) in [4.78, 5) is 22.9. The number of amides is 1. The fourth-order valence-corrected chi connectivity index (χ4v) is 1.60. The monoisotopic (exact) mass is 278 g/mol. The lowest BCUT2D eigenvalue weighted by Crippen LogP contribution is -2.31. The second kappa shape index (κ2) is 7.05. The van der Waals surface area contributed by atoms with Gasteiger partial charge in [0.25, 0.3) is 5.91 Å². The van der Waals surface area contributed by atoms with Crippen LogP contribution in [-0.4, -0.2) is 31.1 Å². The van der Waals surface area contributed by atoms with Gasteiger partial charge in [0.15, 0.2) is 0 Å². The maximum absolute atomic E-state index is 11.5. The number of benzene rings is 1. The number of carbonyl (C=O) groups excluding carboxylic acids is 2. The minimum Gasteiger partial charge on any atom is -0.459 e. The van der Waals surface area contributed by atoms with E-state index >= 15 is 0 Å². The van der Waals surface area contributed by atoms with Crippen molar-refractivity contribution in [2.24, 2.45) is 0 Å². The fourth-order valence-electron chi connectivity index (χ4n) is 1.60. The average Bonchev–Trinajstić information content (AvgIpc) is 2.36. The molecule has 0 spiro atoms. The second-order valence-corrected chi connectivity index (χ2v) is 5.47. The van der Waals surface area contributed by atoms with E-state index in [2.05, 4.69) is 10.6 Å². The van der Waals surface area contributed by atoms with Crippen LogP contribution in [0.4, 0.5) is 0 Å². The highest BCUT2D eigenvalue weighted by Gasteiger charge is 2.15. The third kappa shape index (κ3) is 5.84. The van der Waals surface area contributed by atoms with Crippen molar-refractivity contribution in [3.63, 3.8) is 0 Å². The molecule has 0 aromatic heterocycles. The SMILES string of the molecule is CNC(=O)c1ccc(CNCC(=O)OC(C)(C)C)cc1. The van der Waals surface area contributed by atoms with Crippen LogP contribution in [0.2, 0.25) is 0 Å². The Labute approximate surface area is 119 Å². The number of ether oxygens (including phenoxy) is 1. The van der Waals surface area contributed by atoms with Gasteiger partial charge in [-0.15, -0.1) is 0 Å². The van der Waals surface area contributed by atoms with Crippen molar-refractivity contribution in [1.29, 1.82) is 0 Å². The van der Waals surface area contributed by atoms with Gasteiger partial charge in [0.05, 0.1) is 6.54 Å². The van der Waals surface area contributed by atoms with Crippen LogP contribution in [0, 0.1) is 0 Å². The molecule has 0 heterocycles. The summed E-state index contributed by atoms with van der Waals surface area (Å²) in [6, 6.07) is 7.21. The Morgan fingerprint density at radius 1 is 1.15 bits per heavy atom. The maximum Gasteiger partial charge on any atom is 0.320 e. The van der Waals surface area contributed by atoms with Crippen molar-refractivity contribution in [3.8, 4) is 0 Å². The van der Waals surface area contributed by atoms with Gasteiger partial charge in [0.2, 0.25) is 0 Å². The minimum absolute atomic E-state index is 0.113. The Bertz CT molecular complexity index is 461. The standard InChI is InChI=1S/C15H22N2O3/c1-15(2,3)20-13(18)10-17-9-11-5-7-12(8-6-11)14(19)16-4/h5-8,17H,9-10H2,1-4H3,(H,16,19). The molecule has 20 heavy (non-hydrogen) atoms. The molecule has 5 heteroatoms. The van der Waals surface area contributed by atoms with E-state index in [0.717, 1.165) is 5.56 Å². The smallest absolute Gasteiger partial charge is 0.320 e. The van der Waals surface area contributed by atoms with E-state index in [4.69, 9.17) is 4.74 Å². The van der Waals surface area contributed by atoms with Gasteiger partial charge in [0.1, 0.15) is 5.60 Å². The zero-order valence-corrected chi connectivity index (χ0v) is 12.4. The van der Waals surface area contributed by atoms with Gasteiger partial charge in [-0.3, -0.25) is 9.59 Å². The lowest BCUT2D eigenvalue weighted by Gasteiger charge is -2.19. The highest BCUT2D eigenvalue weighted by Crippen LogP contribution is 2.07. The third-order valence-electron chi connectivity index (χ3n) is 2.46. The summed E-state index contributed by atoms with van der Waals surface area (Å²) >= 11 is 0. The van der Waals surface area contributed by atoms with Crippen molar-refractivity contribution >= 4 is 11.9 Å². The topological polar surface area (TPSA) is 67.4 Å². The normalized spacial score (nSPS) is 11.0. The first-order valence-electron chi connectivity index (χ1n) is 6.55. The second-order valence-electron chi connectivity index (χ2n) is 5.47. The summed E-state index contributed by atoms with van der Waals surface area (Å²) in [6.07, 6.45) is 0.